The van der Waals surface area contributed by atoms with E-state index < -0.39 is 34.3 Å². The van der Waals surface area contributed by atoms with E-state index in [4.69, 9.17) is 9.15 Å². The average molecular weight is 577 g/mol. The summed E-state index contributed by atoms with van der Waals surface area (Å²) in [5, 5.41) is 3.61. The van der Waals surface area contributed by atoms with Gasteiger partial charge >= 0.3 is 11.7 Å². The summed E-state index contributed by atoms with van der Waals surface area (Å²) in [6, 6.07) is 7.04. The van der Waals surface area contributed by atoms with Crippen LogP contribution in [-0.2, 0) is 24.0 Å². The van der Waals surface area contributed by atoms with Crippen LogP contribution >= 0.6 is 0 Å². The lowest BCUT2D eigenvalue weighted by atomic mass is 9.97. The second-order valence-electron chi connectivity index (χ2n) is 10.4. The van der Waals surface area contributed by atoms with Crippen LogP contribution < -0.4 is 20.4 Å². The van der Waals surface area contributed by atoms with Crippen LogP contribution in [0.1, 0.15) is 30.5 Å². The first kappa shape index (κ1) is 29.6. The van der Waals surface area contributed by atoms with Crippen LogP contribution in [-0.4, -0.2) is 66.1 Å². The van der Waals surface area contributed by atoms with E-state index in [2.05, 4.69) is 14.9 Å². The third kappa shape index (κ3) is 7.04. The van der Waals surface area contributed by atoms with E-state index in [0.717, 1.165) is 18.0 Å². The van der Waals surface area contributed by atoms with E-state index in [1.807, 2.05) is 13.8 Å². The summed E-state index contributed by atoms with van der Waals surface area (Å²) in [6.45, 7) is 7.07. The van der Waals surface area contributed by atoms with Crippen molar-refractivity contribution in [3.8, 4) is 5.75 Å². The Kier molecular flexibility index (Phi) is 9.54. The number of nitrogens with zero attached hydrogens (tertiary/aromatic N) is 2. The van der Waals surface area contributed by atoms with Crippen LogP contribution in [0.3, 0.4) is 0 Å². The number of rotatable bonds is 9. The van der Waals surface area contributed by atoms with Gasteiger partial charge in [0.05, 0.1) is 5.69 Å². The molecule has 0 bridgehead atoms. The number of anilines is 1. The summed E-state index contributed by atoms with van der Waals surface area (Å²) in [6.07, 6.45) is -0.895. The van der Waals surface area contributed by atoms with Crippen molar-refractivity contribution in [3.63, 3.8) is 0 Å². The number of hydrogen-bond acceptors (Lipinski definition) is 7. The molecule has 1 aliphatic rings. The molecule has 1 aliphatic heterocycles. The molecule has 0 radical (unpaired) electrons. The van der Waals surface area contributed by atoms with Gasteiger partial charge in [0.2, 0.25) is 0 Å². The van der Waals surface area contributed by atoms with Gasteiger partial charge in [-0.15, -0.1) is 0 Å². The van der Waals surface area contributed by atoms with Crippen LogP contribution in [0.2, 0.25) is 0 Å². The number of halogens is 2. The topological polar surface area (TPSA) is 104 Å². The van der Waals surface area contributed by atoms with Gasteiger partial charge in [-0.1, -0.05) is 26.0 Å². The summed E-state index contributed by atoms with van der Waals surface area (Å²) in [5.74, 6) is -1.28. The fourth-order valence-corrected chi connectivity index (χ4v) is 5.56. The number of hydrogen-bond donors (Lipinski definition) is 2. The molecule has 1 unspecified atom stereocenters. The molecule has 1 saturated heterocycles. The van der Waals surface area contributed by atoms with E-state index in [1.54, 1.807) is 12.1 Å². The summed E-state index contributed by atoms with van der Waals surface area (Å²) in [7, 11) is 1.45. The predicted octanol–water partition coefficient (Wildman–Crippen LogP) is 3.86. The molecule has 2 aromatic carbocycles. The van der Waals surface area contributed by atoms with Crippen LogP contribution in [0.25, 0.3) is 11.0 Å². The molecule has 9 nitrogen and oxygen atoms in total. The molecule has 4 rings (SSSR count). The summed E-state index contributed by atoms with van der Waals surface area (Å²) in [5.41, 5.74) is 0.346. The lowest BCUT2D eigenvalue weighted by Crippen LogP contribution is -2.43. The van der Waals surface area contributed by atoms with Crippen molar-refractivity contribution in [3.05, 3.63) is 69.1 Å². The van der Waals surface area contributed by atoms with Gasteiger partial charge < -0.3 is 24.1 Å². The third-order valence-corrected chi connectivity index (χ3v) is 7.90. The lowest BCUT2D eigenvalue weighted by molar-refractivity contribution is 0.170. The number of benzene rings is 2. The minimum Gasteiger partial charge on any atom is -0.422 e. The zero-order valence-corrected chi connectivity index (χ0v) is 23.8. The molecule has 3 aromatic rings. The van der Waals surface area contributed by atoms with Crippen molar-refractivity contribution in [2.24, 2.45) is 5.92 Å². The molecule has 12 heteroatoms. The van der Waals surface area contributed by atoms with Crippen molar-refractivity contribution < 1.29 is 26.9 Å². The minimum atomic E-state index is -1.47. The maximum Gasteiger partial charge on any atom is 0.414 e. The third-order valence-electron chi connectivity index (χ3n) is 6.48. The maximum absolute atomic E-state index is 15.5. The number of amides is 1. The Hall–Kier alpha value is -3.35. The fourth-order valence-electron chi connectivity index (χ4n) is 4.47. The van der Waals surface area contributed by atoms with Crippen molar-refractivity contribution >= 4 is 33.7 Å². The first-order valence-electron chi connectivity index (χ1n) is 13.1. The van der Waals surface area contributed by atoms with Gasteiger partial charge in [-0.25, -0.2) is 22.6 Å². The molecule has 1 fully saturated rings. The highest BCUT2D eigenvalue weighted by atomic mass is 32.2. The molecule has 0 spiro atoms. The van der Waals surface area contributed by atoms with Crippen LogP contribution in [0.5, 0.6) is 5.75 Å². The normalized spacial score (nSPS) is 14.9. The van der Waals surface area contributed by atoms with Gasteiger partial charge in [-0.05, 0) is 29.2 Å². The summed E-state index contributed by atoms with van der Waals surface area (Å²) in [4.78, 5) is 28.6. The molecule has 216 valence electrons. The Balaban J connectivity index is 1.77. The van der Waals surface area contributed by atoms with Gasteiger partial charge in [0.25, 0.3) is 0 Å². The SMILES string of the molecule is CC(C)CS(=O)Nc1cccc(Cc2c(CN3CCNCC3)c3cc(F)c(OC(=O)N(C)C)cc3oc2=O)c1F. The first-order valence-corrected chi connectivity index (χ1v) is 14.4. The number of ether oxygens (including phenoxy) is 1. The predicted molar refractivity (Wildman–Crippen MR) is 151 cm³/mol. The molecule has 2 heterocycles. The lowest BCUT2D eigenvalue weighted by Gasteiger charge is -2.28. The number of carbonyl (C=O) groups excluding carboxylic acids is 1. The van der Waals surface area contributed by atoms with E-state index >= 15 is 8.78 Å². The smallest absolute Gasteiger partial charge is 0.414 e. The molecule has 40 heavy (non-hydrogen) atoms. The number of piperazine rings is 1. The zero-order chi connectivity index (χ0) is 29.0. The van der Waals surface area contributed by atoms with Gasteiger partial charge in [-0.2, -0.15) is 0 Å². The molecule has 2 N–H and O–H groups in total. The van der Waals surface area contributed by atoms with Crippen LogP contribution in [0.4, 0.5) is 19.3 Å². The minimum absolute atomic E-state index is 0.0572. The Morgan fingerprint density at radius 2 is 1.93 bits per heavy atom. The number of nitrogens with one attached hydrogen (secondary N) is 2. The summed E-state index contributed by atoms with van der Waals surface area (Å²) < 4.78 is 56.4. The molecule has 1 aromatic heterocycles. The number of fused-ring (bicyclic) bond motifs is 1. The Labute approximate surface area is 234 Å². The van der Waals surface area contributed by atoms with E-state index in [1.165, 1.54) is 32.3 Å². The standard InChI is InChI=1S/C28H34F2N4O5S/c1-17(2)16-40(37)32-23-7-5-6-18(26(23)30)12-20-21(15-34-10-8-31-9-11-34)19-13-22(29)25(39-28(36)33(3)4)14-24(19)38-27(20)35/h5-7,13-14,17,31-32H,8-12,15-16H2,1-4H3. The highest BCUT2D eigenvalue weighted by Gasteiger charge is 2.23. The zero-order valence-electron chi connectivity index (χ0n) is 23.0. The second kappa shape index (κ2) is 12.9. The number of carbonyl (C=O) groups is 1. The van der Waals surface area contributed by atoms with Crippen molar-refractivity contribution in [2.75, 3.05) is 50.7 Å². The molecule has 1 atom stereocenters. The summed E-state index contributed by atoms with van der Waals surface area (Å²) >= 11 is 0. The Morgan fingerprint density at radius 1 is 1.20 bits per heavy atom. The largest absolute Gasteiger partial charge is 0.422 e. The van der Waals surface area contributed by atoms with Crippen LogP contribution in [0, 0.1) is 17.6 Å². The monoisotopic (exact) mass is 576 g/mol. The van der Waals surface area contributed by atoms with Gasteiger partial charge in [0.15, 0.2) is 17.4 Å². The molecule has 0 saturated carbocycles. The highest BCUT2D eigenvalue weighted by molar-refractivity contribution is 7.86. The Morgan fingerprint density at radius 3 is 2.60 bits per heavy atom. The fraction of sp³-hybridized carbons (Fsp3) is 0.429. The van der Waals surface area contributed by atoms with Crippen LogP contribution in [0.15, 0.2) is 39.5 Å². The van der Waals surface area contributed by atoms with Crippen molar-refractivity contribution in [2.45, 2.75) is 26.8 Å². The van der Waals surface area contributed by atoms with Crippen molar-refractivity contribution in [1.29, 1.82) is 0 Å². The molecular weight excluding hydrogens is 542 g/mol. The molecule has 1 amide bonds. The van der Waals surface area contributed by atoms with Crippen molar-refractivity contribution in [1.82, 2.24) is 15.1 Å². The highest BCUT2D eigenvalue weighted by Crippen LogP contribution is 2.31. The first-order chi connectivity index (χ1) is 19.0. The van der Waals surface area contributed by atoms with Gasteiger partial charge in [0.1, 0.15) is 16.6 Å². The van der Waals surface area contributed by atoms with E-state index in [-0.39, 0.29) is 40.5 Å². The van der Waals surface area contributed by atoms with Gasteiger partial charge in [-0.3, -0.25) is 4.90 Å². The maximum atomic E-state index is 15.5. The van der Waals surface area contributed by atoms with Gasteiger partial charge in [0, 0.05) is 76.0 Å². The Bertz CT molecular complexity index is 1470. The van der Waals surface area contributed by atoms with E-state index in [9.17, 15) is 13.8 Å². The van der Waals surface area contributed by atoms with E-state index in [0.29, 0.717) is 36.3 Å². The molecular formula is C28H34F2N4O5S. The average Bonchev–Trinajstić information content (AvgIpc) is 2.89. The quantitative estimate of drug-likeness (QED) is 0.373. The second-order valence-corrected chi connectivity index (χ2v) is 11.6. The molecule has 0 aliphatic carbocycles.